The smallest absolute Gasteiger partial charge is 0.322 e. The molecular formula is C44H84N2O7. The number of aliphatic carboxylic acids is 1. The minimum absolute atomic E-state index is 0.0430. The molecule has 9 heteroatoms. The van der Waals surface area contributed by atoms with E-state index in [1.165, 1.54) is 154 Å². The van der Waals surface area contributed by atoms with Crippen LogP contribution in [0.1, 0.15) is 232 Å². The molecule has 0 bridgehead atoms. The van der Waals surface area contributed by atoms with Crippen LogP contribution in [0.5, 0.6) is 0 Å². The monoisotopic (exact) mass is 753 g/mol. The van der Waals surface area contributed by atoms with Gasteiger partial charge in [0, 0.05) is 19.3 Å². The summed E-state index contributed by atoms with van der Waals surface area (Å²) in [5.41, 5.74) is 5.78. The number of ether oxygens (including phenoxy) is 2. The molecule has 0 rings (SSSR count). The SMILES string of the molecule is CCCCCCCCCCCCCCCCCC(=O)NC(COC(=O)CCCCCCCCCCCCCCCCC)COC(=O)C(N)CCC(=O)O. The van der Waals surface area contributed by atoms with Crippen molar-refractivity contribution >= 4 is 23.8 Å². The second-order valence-electron chi connectivity index (χ2n) is 15.5. The molecule has 4 N–H and O–H groups in total. The van der Waals surface area contributed by atoms with Crippen LogP contribution in [0.15, 0.2) is 0 Å². The molecule has 0 aromatic heterocycles. The fraction of sp³-hybridized carbons (Fsp3) is 0.909. The molecule has 0 heterocycles. The van der Waals surface area contributed by atoms with Crippen LogP contribution in [0.4, 0.5) is 0 Å². The molecule has 2 unspecified atom stereocenters. The molecule has 0 aliphatic carbocycles. The molecule has 312 valence electrons. The van der Waals surface area contributed by atoms with Crippen LogP contribution in [-0.2, 0) is 28.7 Å². The highest BCUT2D eigenvalue weighted by Crippen LogP contribution is 2.15. The van der Waals surface area contributed by atoms with Gasteiger partial charge in [-0.15, -0.1) is 0 Å². The summed E-state index contributed by atoms with van der Waals surface area (Å²) < 4.78 is 10.8. The molecule has 0 radical (unpaired) electrons. The lowest BCUT2D eigenvalue weighted by Gasteiger charge is -2.20. The number of esters is 2. The van der Waals surface area contributed by atoms with Gasteiger partial charge in [-0.3, -0.25) is 19.2 Å². The lowest BCUT2D eigenvalue weighted by Crippen LogP contribution is -2.44. The van der Waals surface area contributed by atoms with E-state index in [1.807, 2.05) is 0 Å². The number of carboxylic acid groups (broad SMARTS) is 1. The second-order valence-corrected chi connectivity index (χ2v) is 15.5. The van der Waals surface area contributed by atoms with Crippen molar-refractivity contribution in [3.8, 4) is 0 Å². The summed E-state index contributed by atoms with van der Waals surface area (Å²) in [5.74, 6) is -2.28. The van der Waals surface area contributed by atoms with Gasteiger partial charge in [0.15, 0.2) is 0 Å². The molecule has 0 aromatic rings. The highest BCUT2D eigenvalue weighted by molar-refractivity contribution is 5.77. The maximum Gasteiger partial charge on any atom is 0.322 e. The maximum absolute atomic E-state index is 12.7. The third-order valence-corrected chi connectivity index (χ3v) is 10.2. The maximum atomic E-state index is 12.7. The average molecular weight is 753 g/mol. The van der Waals surface area contributed by atoms with Crippen LogP contribution in [0.2, 0.25) is 0 Å². The Morgan fingerprint density at radius 1 is 0.491 bits per heavy atom. The average Bonchev–Trinajstić information content (AvgIpc) is 3.14. The zero-order valence-corrected chi connectivity index (χ0v) is 34.6. The van der Waals surface area contributed by atoms with E-state index in [0.717, 1.165) is 38.5 Å². The zero-order valence-electron chi connectivity index (χ0n) is 34.6. The van der Waals surface area contributed by atoms with Crippen LogP contribution in [0, 0.1) is 0 Å². The summed E-state index contributed by atoms with van der Waals surface area (Å²) in [6, 6.07) is -1.77. The third-order valence-electron chi connectivity index (χ3n) is 10.2. The Morgan fingerprint density at radius 3 is 1.21 bits per heavy atom. The molecule has 2 atom stereocenters. The standard InChI is InChI=1S/C44H84N2O7/c1-3-5-7-9-11-13-15-17-19-21-23-25-27-29-31-33-41(47)46-39(38-53-44(51)40(45)35-36-42(48)49)37-52-43(50)34-32-30-28-26-24-22-20-18-16-14-12-10-8-6-4-2/h39-40H,3-38,45H2,1-2H3,(H,46,47)(H,48,49). The topological polar surface area (TPSA) is 145 Å². The first-order chi connectivity index (χ1) is 25.8. The van der Waals surface area contributed by atoms with Gasteiger partial charge in [0.2, 0.25) is 5.91 Å². The molecule has 0 aliphatic rings. The molecule has 0 fully saturated rings. The van der Waals surface area contributed by atoms with Gasteiger partial charge in [-0.1, -0.05) is 194 Å². The van der Waals surface area contributed by atoms with E-state index < -0.39 is 24.0 Å². The van der Waals surface area contributed by atoms with E-state index in [-0.39, 0.29) is 37.9 Å². The Balaban J connectivity index is 4.22. The van der Waals surface area contributed by atoms with Crippen molar-refractivity contribution < 1.29 is 33.8 Å². The fourth-order valence-electron chi connectivity index (χ4n) is 6.68. The fourth-order valence-corrected chi connectivity index (χ4v) is 6.68. The molecule has 0 saturated carbocycles. The number of unbranched alkanes of at least 4 members (excludes halogenated alkanes) is 28. The Bertz CT molecular complexity index is 869. The minimum atomic E-state index is -1.07. The Labute approximate surface area is 325 Å². The predicted octanol–water partition coefficient (Wildman–Crippen LogP) is 11.3. The number of nitrogens with two attached hydrogens (primary N) is 1. The van der Waals surface area contributed by atoms with Crippen molar-refractivity contribution in [1.29, 1.82) is 0 Å². The number of carbonyl (C=O) groups is 4. The van der Waals surface area contributed by atoms with E-state index in [9.17, 15) is 19.2 Å². The summed E-state index contributed by atoms with van der Waals surface area (Å²) in [4.78, 5) is 48.4. The summed E-state index contributed by atoms with van der Waals surface area (Å²) >= 11 is 0. The second kappa shape index (κ2) is 39.5. The molecule has 0 aromatic carbocycles. The first-order valence-electron chi connectivity index (χ1n) is 22.4. The lowest BCUT2D eigenvalue weighted by atomic mass is 10.0. The van der Waals surface area contributed by atoms with E-state index in [1.54, 1.807) is 0 Å². The normalized spacial score (nSPS) is 12.4. The summed E-state index contributed by atoms with van der Waals surface area (Å²) in [6.45, 7) is 4.22. The van der Waals surface area contributed by atoms with Gasteiger partial charge < -0.3 is 25.6 Å². The summed E-state index contributed by atoms with van der Waals surface area (Å²) in [5, 5.41) is 11.7. The summed E-state index contributed by atoms with van der Waals surface area (Å²) in [7, 11) is 0. The molecular weight excluding hydrogens is 668 g/mol. The number of carboxylic acids is 1. The van der Waals surface area contributed by atoms with Gasteiger partial charge in [0.1, 0.15) is 19.3 Å². The van der Waals surface area contributed by atoms with Gasteiger partial charge >= 0.3 is 17.9 Å². The van der Waals surface area contributed by atoms with Crippen LogP contribution in [-0.4, -0.2) is 54.2 Å². The third kappa shape index (κ3) is 37.9. The van der Waals surface area contributed by atoms with Crippen molar-refractivity contribution in [2.45, 2.75) is 244 Å². The largest absolute Gasteiger partial charge is 0.481 e. The number of hydrogen-bond donors (Lipinski definition) is 3. The molecule has 53 heavy (non-hydrogen) atoms. The Hall–Kier alpha value is -2.16. The van der Waals surface area contributed by atoms with Gasteiger partial charge in [-0.05, 0) is 19.3 Å². The van der Waals surface area contributed by atoms with E-state index in [2.05, 4.69) is 19.2 Å². The molecule has 0 aliphatic heterocycles. The molecule has 0 spiro atoms. The van der Waals surface area contributed by atoms with Crippen molar-refractivity contribution in [1.82, 2.24) is 5.32 Å². The Morgan fingerprint density at radius 2 is 0.830 bits per heavy atom. The Kier molecular flexibility index (Phi) is 37.9. The summed E-state index contributed by atoms with van der Waals surface area (Å²) in [6.07, 6.45) is 38.0. The highest BCUT2D eigenvalue weighted by Gasteiger charge is 2.21. The predicted molar refractivity (Wildman–Crippen MR) is 218 cm³/mol. The van der Waals surface area contributed by atoms with E-state index in [4.69, 9.17) is 20.3 Å². The molecule has 0 saturated heterocycles. The van der Waals surface area contributed by atoms with Crippen LogP contribution in [0.3, 0.4) is 0 Å². The highest BCUT2D eigenvalue weighted by atomic mass is 16.5. The van der Waals surface area contributed by atoms with Gasteiger partial charge in [-0.25, -0.2) is 0 Å². The van der Waals surface area contributed by atoms with Crippen molar-refractivity contribution in [3.63, 3.8) is 0 Å². The van der Waals surface area contributed by atoms with E-state index >= 15 is 0 Å². The quantitative estimate of drug-likeness (QED) is 0.0413. The van der Waals surface area contributed by atoms with Gasteiger partial charge in [0.05, 0.1) is 6.04 Å². The van der Waals surface area contributed by atoms with Crippen LogP contribution < -0.4 is 11.1 Å². The van der Waals surface area contributed by atoms with Crippen molar-refractivity contribution in [2.24, 2.45) is 5.73 Å². The van der Waals surface area contributed by atoms with Crippen molar-refractivity contribution in [2.75, 3.05) is 13.2 Å². The van der Waals surface area contributed by atoms with Gasteiger partial charge in [0.25, 0.3) is 0 Å². The molecule has 1 amide bonds. The number of nitrogens with one attached hydrogen (secondary N) is 1. The number of amides is 1. The first-order valence-corrected chi connectivity index (χ1v) is 22.4. The zero-order chi connectivity index (χ0) is 39.0. The van der Waals surface area contributed by atoms with Crippen LogP contribution in [0.25, 0.3) is 0 Å². The van der Waals surface area contributed by atoms with Crippen molar-refractivity contribution in [3.05, 3.63) is 0 Å². The van der Waals surface area contributed by atoms with E-state index in [0.29, 0.717) is 12.8 Å². The number of carbonyl (C=O) groups excluding carboxylic acids is 3. The van der Waals surface area contributed by atoms with Gasteiger partial charge in [-0.2, -0.15) is 0 Å². The number of hydrogen-bond acceptors (Lipinski definition) is 7. The lowest BCUT2D eigenvalue weighted by molar-refractivity contribution is -0.150. The first kappa shape index (κ1) is 50.8. The van der Waals surface area contributed by atoms with Crippen LogP contribution >= 0.6 is 0 Å². The molecule has 9 nitrogen and oxygen atoms in total. The number of rotatable bonds is 41. The minimum Gasteiger partial charge on any atom is -0.481 e.